The van der Waals surface area contributed by atoms with Gasteiger partial charge in [-0.15, -0.1) is 0 Å². The van der Waals surface area contributed by atoms with Crippen molar-refractivity contribution in [2.75, 3.05) is 13.2 Å². The van der Waals surface area contributed by atoms with Crippen LogP contribution in [0.1, 0.15) is 337 Å². The van der Waals surface area contributed by atoms with Crippen LogP contribution in [0.3, 0.4) is 0 Å². The fraction of sp³-hybridized carbons (Fsp3) is 0.893. The van der Waals surface area contributed by atoms with Crippen LogP contribution in [-0.2, 0) is 66.3 Å². The van der Waals surface area contributed by atoms with Crippen LogP contribution in [0.15, 0.2) is 12.2 Å². The lowest BCUT2D eigenvalue weighted by Crippen LogP contribution is -2.73. The Kier molecular flexibility index (Phi) is 51.8. The zero-order chi connectivity index (χ0) is 73.1. The van der Waals surface area contributed by atoms with Crippen LogP contribution >= 0.6 is 7.82 Å². The van der Waals surface area contributed by atoms with E-state index in [4.69, 9.17) is 32.9 Å². The number of aliphatic hydroxyl groups is 5. The van der Waals surface area contributed by atoms with E-state index in [1.165, 1.54) is 45.4 Å². The minimum atomic E-state index is -5.59. The van der Waals surface area contributed by atoms with Gasteiger partial charge in [0.15, 0.2) is 24.3 Å². The topological polar surface area (TPSA) is 350 Å². The van der Waals surface area contributed by atoms with Crippen molar-refractivity contribution in [1.29, 1.82) is 0 Å². The number of esters is 3. The summed E-state index contributed by atoms with van der Waals surface area (Å²) in [6.07, 6.45) is 22.2. The number of ketones is 1. The number of rotatable bonds is 62. The standard InChI is InChI=1S/C75H137N2O21P/c1-7-12-17-22-25-28-29-32-35-40-45-50-65(84)93-60(49-44-39-34-31-27-24-19-14-9-3)54-64(83)77-71-74(95-61(55-78)72(98-99(89,90)91)75(71,6)97-67(86)53-59(81)48-42-37-21-16-11-5)92-56-62-69(87)70(96-66(85)52-58(80)47-41-36-20-15-10-4)68(73(88)94-62)76-63(82)51-57(79)46-43-38-33-30-26-23-18-13-8-2/h28-29,58-62,68-74,78,80-81,87-88H,7-27,30-56H2,1-6H3,(H,76,82)(H,77,83)(H2,89,90,91)/b29-28+. The Bertz CT molecular complexity index is 2220. The van der Waals surface area contributed by atoms with Gasteiger partial charge in [0.25, 0.3) is 0 Å². The molecule has 2 saturated heterocycles. The van der Waals surface area contributed by atoms with Gasteiger partial charge in [0, 0.05) is 12.8 Å². The number of phosphoric ester groups is 1. The van der Waals surface area contributed by atoms with Crippen molar-refractivity contribution >= 4 is 43.3 Å². The molecule has 2 aliphatic heterocycles. The van der Waals surface area contributed by atoms with Gasteiger partial charge in [-0.1, -0.05) is 239 Å². The number of aliphatic hydroxyl groups excluding tert-OH is 5. The highest BCUT2D eigenvalue weighted by atomic mass is 31.2. The molecule has 2 rings (SSSR count). The lowest BCUT2D eigenvalue weighted by Gasteiger charge is -2.51. The Morgan fingerprint density at radius 2 is 0.990 bits per heavy atom. The Hall–Kier alpha value is -3.45. The van der Waals surface area contributed by atoms with Crippen LogP contribution in [-0.4, -0.2) is 163 Å². The number of Topliss-reactive ketones (excluding diaryl/α,β-unsaturated/α-hetero) is 1. The summed E-state index contributed by atoms with van der Waals surface area (Å²) in [6, 6.07) is -3.53. The zero-order valence-corrected chi connectivity index (χ0v) is 62.7. The van der Waals surface area contributed by atoms with E-state index in [1.54, 1.807) is 0 Å². The molecule has 0 aliphatic carbocycles. The molecule has 99 heavy (non-hydrogen) atoms. The number of allylic oxidation sites excluding steroid dienone is 2. The molecule has 0 aromatic heterocycles. The second kappa shape index (κ2) is 56.0. The largest absolute Gasteiger partial charge is 0.470 e. The molecular formula is C75H137N2O21P. The molecule has 13 unspecified atom stereocenters. The van der Waals surface area contributed by atoms with Crippen LogP contribution in [0.2, 0.25) is 0 Å². The van der Waals surface area contributed by atoms with Crippen LogP contribution in [0.25, 0.3) is 0 Å². The second-order valence-corrected chi connectivity index (χ2v) is 29.3. The van der Waals surface area contributed by atoms with Crippen LogP contribution in [0.4, 0.5) is 0 Å². The highest BCUT2D eigenvalue weighted by molar-refractivity contribution is 7.46. The van der Waals surface area contributed by atoms with Gasteiger partial charge >= 0.3 is 25.7 Å². The lowest BCUT2D eigenvalue weighted by molar-refractivity contribution is -0.313. The predicted octanol–water partition coefficient (Wildman–Crippen LogP) is 13.3. The van der Waals surface area contributed by atoms with E-state index >= 15 is 0 Å². The number of unbranched alkanes of at least 4 members (excludes halogenated alkanes) is 31. The Balaban J connectivity index is 2.61. The summed E-state index contributed by atoms with van der Waals surface area (Å²) in [4.78, 5) is 104. The number of amides is 2. The number of ether oxygens (including phenoxy) is 6. The van der Waals surface area contributed by atoms with Gasteiger partial charge in [-0.3, -0.25) is 33.3 Å². The molecule has 2 amide bonds. The minimum absolute atomic E-state index is 0.1000. The molecule has 0 aromatic rings. The first-order valence-corrected chi connectivity index (χ1v) is 40.4. The van der Waals surface area contributed by atoms with E-state index in [2.05, 4.69) is 57.4 Å². The van der Waals surface area contributed by atoms with E-state index in [-0.39, 0.29) is 31.5 Å². The van der Waals surface area contributed by atoms with Crippen molar-refractivity contribution in [3.8, 4) is 0 Å². The first-order chi connectivity index (χ1) is 47.5. The quantitative estimate of drug-likeness (QED) is 0.00682. The molecule has 2 aliphatic rings. The Morgan fingerprint density at radius 1 is 0.535 bits per heavy atom. The fourth-order valence-corrected chi connectivity index (χ4v) is 13.6. The number of hydrogen-bond acceptors (Lipinski definition) is 19. The van der Waals surface area contributed by atoms with Crippen molar-refractivity contribution in [3.05, 3.63) is 12.2 Å². The molecule has 0 saturated carbocycles. The third kappa shape index (κ3) is 42.2. The molecule has 0 bridgehead atoms. The molecule has 0 aromatic carbocycles. The highest BCUT2D eigenvalue weighted by Crippen LogP contribution is 2.46. The van der Waals surface area contributed by atoms with Crippen molar-refractivity contribution < 1.29 is 102 Å². The molecule has 2 heterocycles. The van der Waals surface area contributed by atoms with Crippen molar-refractivity contribution in [1.82, 2.24) is 10.6 Å². The van der Waals surface area contributed by atoms with Crippen molar-refractivity contribution in [2.24, 2.45) is 0 Å². The smallest absolute Gasteiger partial charge is 0.462 e. The lowest BCUT2D eigenvalue weighted by atomic mass is 9.83. The monoisotopic (exact) mass is 1430 g/mol. The Labute approximate surface area is 594 Å². The Morgan fingerprint density at radius 3 is 1.49 bits per heavy atom. The molecule has 578 valence electrons. The summed E-state index contributed by atoms with van der Waals surface area (Å²) in [5.41, 5.74) is -2.46. The molecule has 0 spiro atoms. The fourth-order valence-electron chi connectivity index (χ4n) is 13.0. The maximum atomic E-state index is 14.8. The van der Waals surface area contributed by atoms with Crippen LogP contribution in [0, 0.1) is 0 Å². The third-order valence-corrected chi connectivity index (χ3v) is 19.4. The van der Waals surface area contributed by atoms with Gasteiger partial charge in [0.05, 0.1) is 51.1 Å². The van der Waals surface area contributed by atoms with E-state index < -0.39 is 156 Å². The maximum Gasteiger partial charge on any atom is 0.470 e. The molecule has 13 atom stereocenters. The number of nitrogens with one attached hydrogen (secondary N) is 2. The average Bonchev–Trinajstić information content (AvgIpc) is 0.749. The summed E-state index contributed by atoms with van der Waals surface area (Å²) in [5.74, 6) is -4.65. The maximum absolute atomic E-state index is 14.8. The predicted molar refractivity (Wildman–Crippen MR) is 381 cm³/mol. The van der Waals surface area contributed by atoms with Gasteiger partial charge in [-0.2, -0.15) is 0 Å². The molecular weight excluding hydrogens is 1300 g/mol. The summed E-state index contributed by atoms with van der Waals surface area (Å²) in [6.45, 7) is 9.93. The van der Waals surface area contributed by atoms with E-state index in [1.807, 2.05) is 0 Å². The summed E-state index contributed by atoms with van der Waals surface area (Å²) < 4.78 is 54.6. The SMILES string of the molecule is CCCCCC/C=C/CCCCCC(=O)OC(CCCCCCCCCCC)CC(=O)NC1C(OCC2OC(O)C(NC(=O)CC(=O)CCCCCCCCCCC)C(OC(=O)CC(O)CCCCCCC)C2O)OC(CO)C(OP(=O)(O)O)C1(C)OC(=O)CC(O)CCCCCCC. The molecule has 0 radical (unpaired) electrons. The van der Waals surface area contributed by atoms with E-state index in [0.29, 0.717) is 38.5 Å². The first-order valence-electron chi connectivity index (χ1n) is 38.9. The van der Waals surface area contributed by atoms with E-state index in [0.717, 1.165) is 167 Å². The number of hydrogen-bond donors (Lipinski definition) is 9. The summed E-state index contributed by atoms with van der Waals surface area (Å²) >= 11 is 0. The summed E-state index contributed by atoms with van der Waals surface area (Å²) in [5, 5.41) is 62.1. The van der Waals surface area contributed by atoms with Gasteiger partial charge < -0.3 is 74.4 Å². The van der Waals surface area contributed by atoms with Gasteiger partial charge in [-0.05, 0) is 71.1 Å². The van der Waals surface area contributed by atoms with Crippen LogP contribution < -0.4 is 10.6 Å². The van der Waals surface area contributed by atoms with Gasteiger partial charge in [-0.25, -0.2) is 4.57 Å². The highest BCUT2D eigenvalue weighted by Gasteiger charge is 2.61. The van der Waals surface area contributed by atoms with Crippen molar-refractivity contribution in [3.63, 3.8) is 0 Å². The van der Waals surface area contributed by atoms with E-state index in [9.17, 15) is 68.7 Å². The van der Waals surface area contributed by atoms with Crippen molar-refractivity contribution in [2.45, 2.75) is 416 Å². The summed E-state index contributed by atoms with van der Waals surface area (Å²) in [7, 11) is -5.59. The average molecular weight is 1430 g/mol. The molecule has 24 heteroatoms. The number of phosphoric acid groups is 1. The molecule has 23 nitrogen and oxygen atoms in total. The van der Waals surface area contributed by atoms with Gasteiger partial charge in [0.2, 0.25) is 11.8 Å². The van der Waals surface area contributed by atoms with Gasteiger partial charge in [0.1, 0.15) is 48.4 Å². The zero-order valence-electron chi connectivity index (χ0n) is 61.8. The second-order valence-electron chi connectivity index (χ2n) is 28.2. The van der Waals surface area contributed by atoms with Crippen LogP contribution in [0.5, 0.6) is 0 Å². The molecule has 2 fully saturated rings. The first kappa shape index (κ1) is 91.6. The number of carbonyl (C=O) groups excluding carboxylic acids is 6. The normalized spacial score (nSPS) is 22.8. The third-order valence-electron chi connectivity index (χ3n) is 18.9. The number of carbonyl (C=O) groups is 6. The molecule has 9 N–H and O–H groups in total. The minimum Gasteiger partial charge on any atom is -0.462 e.